The molecular formula is C20H28ClN3O3. The molecule has 6 nitrogen and oxygen atoms in total. The molecule has 2 aliphatic rings. The number of amides is 2. The molecule has 27 heavy (non-hydrogen) atoms. The quantitative estimate of drug-likeness (QED) is 0.832. The van der Waals surface area contributed by atoms with E-state index < -0.39 is 0 Å². The first-order chi connectivity index (χ1) is 13.1. The van der Waals surface area contributed by atoms with Crippen LogP contribution in [0.15, 0.2) is 24.3 Å². The maximum atomic E-state index is 12.7. The van der Waals surface area contributed by atoms with Crippen LogP contribution in [0.2, 0.25) is 5.02 Å². The van der Waals surface area contributed by atoms with Crippen molar-refractivity contribution < 1.29 is 14.3 Å². The van der Waals surface area contributed by atoms with Gasteiger partial charge in [0.1, 0.15) is 0 Å². The van der Waals surface area contributed by atoms with E-state index in [9.17, 15) is 9.59 Å². The number of halogens is 1. The second kappa shape index (κ2) is 9.53. The Labute approximate surface area is 165 Å². The van der Waals surface area contributed by atoms with Crippen LogP contribution in [-0.4, -0.2) is 67.6 Å². The van der Waals surface area contributed by atoms with Gasteiger partial charge in [-0.25, -0.2) is 0 Å². The van der Waals surface area contributed by atoms with Crippen LogP contribution in [0.5, 0.6) is 0 Å². The SMILES string of the molecule is CC(=O)N1CCC[C@@H](C(=O)NC[C@H](c2ccccc2Cl)N2CCOCC2)C1. The number of piperidine rings is 1. The molecule has 2 saturated heterocycles. The minimum Gasteiger partial charge on any atom is -0.379 e. The number of carbonyl (C=O) groups excluding carboxylic acids is 2. The number of likely N-dealkylation sites (tertiary alicyclic amines) is 1. The molecule has 2 fully saturated rings. The average molecular weight is 394 g/mol. The predicted molar refractivity (Wildman–Crippen MR) is 105 cm³/mol. The van der Waals surface area contributed by atoms with Crippen molar-refractivity contribution in [3.8, 4) is 0 Å². The summed E-state index contributed by atoms with van der Waals surface area (Å²) in [4.78, 5) is 28.4. The van der Waals surface area contributed by atoms with Gasteiger partial charge in [-0.2, -0.15) is 0 Å². The van der Waals surface area contributed by atoms with Crippen molar-refractivity contribution in [2.45, 2.75) is 25.8 Å². The van der Waals surface area contributed by atoms with Gasteiger partial charge in [0.2, 0.25) is 11.8 Å². The molecule has 0 bridgehead atoms. The largest absolute Gasteiger partial charge is 0.379 e. The zero-order chi connectivity index (χ0) is 19.2. The molecule has 0 aliphatic carbocycles. The van der Waals surface area contributed by atoms with Crippen molar-refractivity contribution in [1.29, 1.82) is 0 Å². The van der Waals surface area contributed by atoms with Crippen LogP contribution in [0.1, 0.15) is 31.4 Å². The molecule has 0 radical (unpaired) electrons. The van der Waals surface area contributed by atoms with Crippen LogP contribution in [0, 0.1) is 5.92 Å². The van der Waals surface area contributed by atoms with Crippen molar-refractivity contribution in [2.24, 2.45) is 5.92 Å². The summed E-state index contributed by atoms with van der Waals surface area (Å²) >= 11 is 6.44. The number of hydrogen-bond acceptors (Lipinski definition) is 4. The summed E-state index contributed by atoms with van der Waals surface area (Å²) in [6.45, 7) is 6.31. The Hall–Kier alpha value is -1.63. The zero-order valence-electron chi connectivity index (χ0n) is 15.8. The first-order valence-corrected chi connectivity index (χ1v) is 10.0. The molecule has 7 heteroatoms. The minimum atomic E-state index is -0.140. The van der Waals surface area contributed by atoms with E-state index in [4.69, 9.17) is 16.3 Å². The van der Waals surface area contributed by atoms with Gasteiger partial charge in [-0.05, 0) is 24.5 Å². The Kier molecular flexibility index (Phi) is 7.10. The Morgan fingerprint density at radius 2 is 2.00 bits per heavy atom. The normalized spacial score (nSPS) is 22.3. The van der Waals surface area contributed by atoms with Crippen LogP contribution in [-0.2, 0) is 14.3 Å². The van der Waals surface area contributed by atoms with Gasteiger partial charge in [-0.3, -0.25) is 14.5 Å². The molecule has 2 heterocycles. The van der Waals surface area contributed by atoms with E-state index in [1.165, 1.54) is 0 Å². The lowest BCUT2D eigenvalue weighted by atomic mass is 9.96. The zero-order valence-corrected chi connectivity index (χ0v) is 16.6. The Morgan fingerprint density at radius 1 is 1.26 bits per heavy atom. The van der Waals surface area contributed by atoms with Crippen molar-refractivity contribution in [3.63, 3.8) is 0 Å². The van der Waals surface area contributed by atoms with E-state index in [0.717, 1.165) is 38.0 Å². The summed E-state index contributed by atoms with van der Waals surface area (Å²) in [6.07, 6.45) is 1.69. The van der Waals surface area contributed by atoms with E-state index in [1.54, 1.807) is 11.8 Å². The number of nitrogens with zero attached hydrogens (tertiary/aromatic N) is 2. The standard InChI is InChI=1S/C20H28ClN3O3/c1-15(25)24-8-4-5-16(14-24)20(26)22-13-19(23-9-11-27-12-10-23)17-6-2-3-7-18(17)21/h2-3,6-7,16,19H,4-5,8-14H2,1H3,(H,22,26)/t16-,19-/m1/s1. The lowest BCUT2D eigenvalue weighted by Gasteiger charge is -2.36. The van der Waals surface area contributed by atoms with Gasteiger partial charge < -0.3 is 15.0 Å². The summed E-state index contributed by atoms with van der Waals surface area (Å²) in [5, 5.41) is 3.83. The van der Waals surface area contributed by atoms with Crippen LogP contribution in [0.25, 0.3) is 0 Å². The number of hydrogen-bond donors (Lipinski definition) is 1. The molecule has 1 aromatic rings. The van der Waals surface area contributed by atoms with Crippen LogP contribution in [0.3, 0.4) is 0 Å². The fourth-order valence-corrected chi connectivity index (χ4v) is 4.15. The van der Waals surface area contributed by atoms with E-state index in [1.807, 2.05) is 24.3 Å². The monoisotopic (exact) mass is 393 g/mol. The summed E-state index contributed by atoms with van der Waals surface area (Å²) in [5.41, 5.74) is 1.02. The second-order valence-electron chi connectivity index (χ2n) is 7.23. The van der Waals surface area contributed by atoms with Gasteiger partial charge in [0.25, 0.3) is 0 Å². The number of nitrogens with one attached hydrogen (secondary N) is 1. The van der Waals surface area contributed by atoms with Gasteiger partial charge in [0, 0.05) is 44.7 Å². The Balaban J connectivity index is 1.66. The molecule has 0 aromatic heterocycles. The van der Waals surface area contributed by atoms with Crippen molar-refractivity contribution in [1.82, 2.24) is 15.1 Å². The first-order valence-electron chi connectivity index (χ1n) is 9.65. The van der Waals surface area contributed by atoms with Gasteiger partial charge in [0.15, 0.2) is 0 Å². The Morgan fingerprint density at radius 3 is 2.70 bits per heavy atom. The number of morpholine rings is 1. The number of carbonyl (C=O) groups is 2. The summed E-state index contributed by atoms with van der Waals surface area (Å²) in [5.74, 6) is -0.0831. The smallest absolute Gasteiger partial charge is 0.224 e. The molecule has 148 valence electrons. The van der Waals surface area contributed by atoms with Gasteiger partial charge in [-0.15, -0.1) is 0 Å². The highest BCUT2D eigenvalue weighted by Gasteiger charge is 2.29. The lowest BCUT2D eigenvalue weighted by Crippen LogP contribution is -2.48. The number of rotatable bonds is 5. The van der Waals surface area contributed by atoms with Gasteiger partial charge >= 0.3 is 0 Å². The Bertz CT molecular complexity index is 664. The molecule has 2 atom stereocenters. The average Bonchev–Trinajstić information content (AvgIpc) is 2.70. The van der Waals surface area contributed by atoms with Crippen molar-refractivity contribution in [2.75, 3.05) is 45.9 Å². The van der Waals surface area contributed by atoms with E-state index in [0.29, 0.717) is 31.3 Å². The molecule has 0 unspecified atom stereocenters. The van der Waals surface area contributed by atoms with E-state index in [2.05, 4.69) is 10.2 Å². The fraction of sp³-hybridized carbons (Fsp3) is 0.600. The number of benzene rings is 1. The molecule has 0 saturated carbocycles. The van der Waals surface area contributed by atoms with Crippen LogP contribution in [0.4, 0.5) is 0 Å². The third kappa shape index (κ3) is 5.21. The predicted octanol–water partition coefficient (Wildman–Crippen LogP) is 2.09. The van der Waals surface area contributed by atoms with Gasteiger partial charge in [-0.1, -0.05) is 29.8 Å². The topological polar surface area (TPSA) is 61.9 Å². The molecule has 1 aromatic carbocycles. The highest BCUT2D eigenvalue weighted by atomic mass is 35.5. The highest BCUT2D eigenvalue weighted by molar-refractivity contribution is 6.31. The fourth-order valence-electron chi connectivity index (χ4n) is 3.89. The third-order valence-electron chi connectivity index (χ3n) is 5.46. The molecular weight excluding hydrogens is 366 g/mol. The highest BCUT2D eigenvalue weighted by Crippen LogP contribution is 2.28. The maximum absolute atomic E-state index is 12.7. The molecule has 2 amide bonds. The van der Waals surface area contributed by atoms with E-state index >= 15 is 0 Å². The van der Waals surface area contributed by atoms with Crippen molar-refractivity contribution >= 4 is 23.4 Å². The molecule has 2 aliphatic heterocycles. The van der Waals surface area contributed by atoms with Crippen LogP contribution >= 0.6 is 11.6 Å². The lowest BCUT2D eigenvalue weighted by molar-refractivity contribution is -0.134. The summed E-state index contributed by atoms with van der Waals surface area (Å²) < 4.78 is 5.47. The molecule has 3 rings (SSSR count). The van der Waals surface area contributed by atoms with Gasteiger partial charge in [0.05, 0.1) is 25.2 Å². The van der Waals surface area contributed by atoms with Crippen molar-refractivity contribution in [3.05, 3.63) is 34.9 Å². The molecule has 1 N–H and O–H groups in total. The summed E-state index contributed by atoms with van der Waals surface area (Å²) in [6, 6.07) is 7.81. The van der Waals surface area contributed by atoms with E-state index in [-0.39, 0.29) is 23.8 Å². The third-order valence-corrected chi connectivity index (χ3v) is 5.80. The first kappa shape index (κ1) is 20.1. The van der Waals surface area contributed by atoms with Crippen LogP contribution < -0.4 is 5.32 Å². The second-order valence-corrected chi connectivity index (χ2v) is 7.64. The molecule has 0 spiro atoms. The summed E-state index contributed by atoms with van der Waals surface area (Å²) in [7, 11) is 0. The minimum absolute atomic E-state index is 0.0130. The number of ether oxygens (including phenoxy) is 1. The maximum Gasteiger partial charge on any atom is 0.224 e.